The minimum atomic E-state index is 0.317. The fourth-order valence-electron chi connectivity index (χ4n) is 2.75. The van der Waals surface area contributed by atoms with Gasteiger partial charge in [-0.2, -0.15) is 0 Å². The molecular formula is C15H20BrNO3. The van der Waals surface area contributed by atoms with Crippen LogP contribution >= 0.6 is 15.9 Å². The van der Waals surface area contributed by atoms with Gasteiger partial charge in [-0.25, -0.2) is 0 Å². The van der Waals surface area contributed by atoms with E-state index < -0.39 is 0 Å². The van der Waals surface area contributed by atoms with Crippen LogP contribution in [0.15, 0.2) is 16.6 Å². The van der Waals surface area contributed by atoms with Crippen LogP contribution < -0.4 is 14.8 Å². The van der Waals surface area contributed by atoms with Crippen molar-refractivity contribution in [1.82, 2.24) is 5.32 Å². The molecule has 1 aromatic rings. The van der Waals surface area contributed by atoms with Gasteiger partial charge in [0.25, 0.3) is 0 Å². The molecular weight excluding hydrogens is 322 g/mol. The van der Waals surface area contributed by atoms with E-state index in [2.05, 4.69) is 34.2 Å². The third kappa shape index (κ3) is 3.10. The molecule has 0 amide bonds. The first-order valence-electron chi connectivity index (χ1n) is 7.13. The molecule has 0 aromatic heterocycles. The van der Waals surface area contributed by atoms with Gasteiger partial charge < -0.3 is 19.5 Å². The molecule has 1 atom stereocenters. The smallest absolute Gasteiger partial charge is 0.231 e. The van der Waals surface area contributed by atoms with E-state index in [0.29, 0.717) is 18.8 Å². The number of nitrogens with one attached hydrogen (secondary N) is 1. The summed E-state index contributed by atoms with van der Waals surface area (Å²) >= 11 is 3.60. The van der Waals surface area contributed by atoms with Crippen molar-refractivity contribution in [3.05, 3.63) is 22.2 Å². The van der Waals surface area contributed by atoms with E-state index in [9.17, 15) is 0 Å². The number of rotatable bonds is 4. The fourth-order valence-corrected chi connectivity index (χ4v) is 3.21. The summed E-state index contributed by atoms with van der Waals surface area (Å²) in [7, 11) is 0. The quantitative estimate of drug-likeness (QED) is 0.913. The van der Waals surface area contributed by atoms with Crippen LogP contribution in [-0.2, 0) is 11.3 Å². The number of halogens is 1. The van der Waals surface area contributed by atoms with Crippen LogP contribution in [0.4, 0.5) is 0 Å². The SMILES string of the molecule is CC(NCc1cc2c(cc1Br)OCO2)C1CCOCC1. The predicted octanol–water partition coefficient (Wildman–Crippen LogP) is 3.08. The lowest BCUT2D eigenvalue weighted by Crippen LogP contribution is -2.36. The fraction of sp³-hybridized carbons (Fsp3) is 0.600. The normalized spacial score (nSPS) is 20.1. The van der Waals surface area contributed by atoms with Crippen molar-refractivity contribution >= 4 is 15.9 Å². The lowest BCUT2D eigenvalue weighted by Gasteiger charge is -2.28. The second-order valence-electron chi connectivity index (χ2n) is 5.42. The molecule has 2 heterocycles. The highest BCUT2D eigenvalue weighted by atomic mass is 79.9. The van der Waals surface area contributed by atoms with Crippen LogP contribution in [0.1, 0.15) is 25.3 Å². The van der Waals surface area contributed by atoms with Crippen molar-refractivity contribution in [3.63, 3.8) is 0 Å². The lowest BCUT2D eigenvalue weighted by molar-refractivity contribution is 0.0558. The number of benzene rings is 1. The molecule has 1 fully saturated rings. The Hall–Kier alpha value is -0.780. The van der Waals surface area contributed by atoms with Gasteiger partial charge in [0.05, 0.1) is 0 Å². The van der Waals surface area contributed by atoms with Gasteiger partial charge >= 0.3 is 0 Å². The maximum absolute atomic E-state index is 5.43. The Morgan fingerprint density at radius 2 is 1.95 bits per heavy atom. The molecule has 1 unspecified atom stereocenters. The zero-order chi connectivity index (χ0) is 13.9. The molecule has 0 saturated carbocycles. The Kier molecular flexibility index (Phi) is 4.48. The number of fused-ring (bicyclic) bond motifs is 1. The van der Waals surface area contributed by atoms with E-state index in [0.717, 1.165) is 48.6 Å². The van der Waals surface area contributed by atoms with Gasteiger partial charge in [-0.3, -0.25) is 0 Å². The monoisotopic (exact) mass is 341 g/mol. The third-order valence-electron chi connectivity index (χ3n) is 4.13. The predicted molar refractivity (Wildman–Crippen MR) is 80.1 cm³/mol. The van der Waals surface area contributed by atoms with Gasteiger partial charge in [-0.15, -0.1) is 0 Å². The van der Waals surface area contributed by atoms with Crippen LogP contribution in [0.25, 0.3) is 0 Å². The second kappa shape index (κ2) is 6.33. The van der Waals surface area contributed by atoms with E-state index in [1.165, 1.54) is 5.56 Å². The largest absolute Gasteiger partial charge is 0.454 e. The topological polar surface area (TPSA) is 39.7 Å². The number of ether oxygens (including phenoxy) is 3. The standard InChI is InChI=1S/C15H20BrNO3/c1-10(11-2-4-18-5-3-11)17-8-12-6-14-15(7-13(12)16)20-9-19-14/h6-7,10-11,17H,2-5,8-9H2,1H3. The van der Waals surface area contributed by atoms with Gasteiger partial charge in [0.15, 0.2) is 11.5 Å². The average Bonchev–Trinajstić information content (AvgIpc) is 2.92. The summed E-state index contributed by atoms with van der Waals surface area (Å²) < 4.78 is 17.3. The van der Waals surface area contributed by atoms with Crippen molar-refractivity contribution in [2.24, 2.45) is 5.92 Å². The first-order chi connectivity index (χ1) is 9.74. The molecule has 1 N–H and O–H groups in total. The number of hydrogen-bond donors (Lipinski definition) is 1. The van der Waals surface area contributed by atoms with E-state index in [1.807, 2.05) is 6.07 Å². The minimum Gasteiger partial charge on any atom is -0.454 e. The van der Waals surface area contributed by atoms with E-state index in [1.54, 1.807) is 0 Å². The highest BCUT2D eigenvalue weighted by Gasteiger charge is 2.21. The van der Waals surface area contributed by atoms with Crippen molar-refractivity contribution in [2.75, 3.05) is 20.0 Å². The maximum atomic E-state index is 5.43. The molecule has 0 spiro atoms. The highest BCUT2D eigenvalue weighted by molar-refractivity contribution is 9.10. The zero-order valence-corrected chi connectivity index (χ0v) is 13.2. The van der Waals surface area contributed by atoms with Gasteiger partial charge in [-0.1, -0.05) is 15.9 Å². The van der Waals surface area contributed by atoms with Crippen LogP contribution in [0.3, 0.4) is 0 Å². The van der Waals surface area contributed by atoms with E-state index in [-0.39, 0.29) is 0 Å². The second-order valence-corrected chi connectivity index (χ2v) is 6.27. The number of hydrogen-bond acceptors (Lipinski definition) is 4. The van der Waals surface area contributed by atoms with Crippen LogP contribution in [0.2, 0.25) is 0 Å². The Morgan fingerprint density at radius 3 is 2.70 bits per heavy atom. The van der Waals surface area contributed by atoms with Gasteiger partial charge in [-0.05, 0) is 43.4 Å². The van der Waals surface area contributed by atoms with Crippen molar-refractivity contribution in [1.29, 1.82) is 0 Å². The molecule has 0 bridgehead atoms. The summed E-state index contributed by atoms with van der Waals surface area (Å²) in [5.74, 6) is 2.36. The van der Waals surface area contributed by atoms with Crippen molar-refractivity contribution in [3.8, 4) is 11.5 Å². The average molecular weight is 342 g/mol. The van der Waals surface area contributed by atoms with E-state index >= 15 is 0 Å². The van der Waals surface area contributed by atoms with Crippen LogP contribution in [0.5, 0.6) is 11.5 Å². The first kappa shape index (κ1) is 14.2. The third-order valence-corrected chi connectivity index (χ3v) is 4.87. The Labute approximate surface area is 127 Å². The minimum absolute atomic E-state index is 0.317. The summed E-state index contributed by atoms with van der Waals surface area (Å²) in [4.78, 5) is 0. The van der Waals surface area contributed by atoms with Gasteiger partial charge in [0.1, 0.15) is 0 Å². The Morgan fingerprint density at radius 1 is 1.25 bits per heavy atom. The molecule has 110 valence electrons. The maximum Gasteiger partial charge on any atom is 0.231 e. The summed E-state index contributed by atoms with van der Waals surface area (Å²) in [5, 5.41) is 3.62. The molecule has 3 rings (SSSR count). The van der Waals surface area contributed by atoms with E-state index in [4.69, 9.17) is 14.2 Å². The summed E-state index contributed by atoms with van der Waals surface area (Å²) in [5.41, 5.74) is 1.20. The molecule has 2 aliphatic rings. The Bertz CT molecular complexity index is 474. The molecule has 1 aromatic carbocycles. The first-order valence-corrected chi connectivity index (χ1v) is 7.92. The summed E-state index contributed by atoms with van der Waals surface area (Å²) in [6.07, 6.45) is 2.30. The molecule has 1 saturated heterocycles. The molecule has 0 radical (unpaired) electrons. The molecule has 4 nitrogen and oxygen atoms in total. The lowest BCUT2D eigenvalue weighted by atomic mass is 9.93. The summed E-state index contributed by atoms with van der Waals surface area (Å²) in [6, 6.07) is 4.53. The van der Waals surface area contributed by atoms with Gasteiger partial charge in [0.2, 0.25) is 6.79 Å². The van der Waals surface area contributed by atoms with Gasteiger partial charge in [0, 0.05) is 30.3 Å². The molecule has 0 aliphatic carbocycles. The molecule has 5 heteroatoms. The molecule has 20 heavy (non-hydrogen) atoms. The van der Waals surface area contributed by atoms with Crippen molar-refractivity contribution in [2.45, 2.75) is 32.4 Å². The molecule has 2 aliphatic heterocycles. The summed E-state index contributed by atoms with van der Waals surface area (Å²) in [6.45, 7) is 5.19. The van der Waals surface area contributed by atoms with Crippen LogP contribution in [-0.4, -0.2) is 26.0 Å². The van der Waals surface area contributed by atoms with Crippen molar-refractivity contribution < 1.29 is 14.2 Å². The highest BCUT2D eigenvalue weighted by Crippen LogP contribution is 2.37. The zero-order valence-electron chi connectivity index (χ0n) is 11.7. The Balaban J connectivity index is 1.60. The van der Waals surface area contributed by atoms with Crippen LogP contribution in [0, 0.1) is 5.92 Å².